The summed E-state index contributed by atoms with van der Waals surface area (Å²) in [6, 6.07) is 9.66. The average Bonchev–Trinajstić information content (AvgIpc) is 3.05. The van der Waals surface area contributed by atoms with E-state index in [4.69, 9.17) is 0 Å². The van der Waals surface area contributed by atoms with Gasteiger partial charge in [0, 0.05) is 19.6 Å². The highest BCUT2D eigenvalue weighted by molar-refractivity contribution is 5.85. The van der Waals surface area contributed by atoms with E-state index in [1.54, 1.807) is 4.90 Å². The molecule has 0 spiro atoms. The number of rotatable bonds is 4. The first-order valence-corrected chi connectivity index (χ1v) is 8.44. The second-order valence-corrected chi connectivity index (χ2v) is 6.59. The van der Waals surface area contributed by atoms with E-state index in [2.05, 4.69) is 17.0 Å². The Hall–Kier alpha value is -1.88. The van der Waals surface area contributed by atoms with E-state index in [9.17, 15) is 14.7 Å². The van der Waals surface area contributed by atoms with Crippen LogP contribution in [0.4, 0.5) is 0 Å². The summed E-state index contributed by atoms with van der Waals surface area (Å²) in [7, 11) is 0. The number of carbonyl (C=O) groups is 2. The lowest BCUT2D eigenvalue weighted by Gasteiger charge is -2.35. The molecule has 1 aromatic rings. The van der Waals surface area contributed by atoms with E-state index in [0.717, 1.165) is 38.9 Å². The third-order valence-electron chi connectivity index (χ3n) is 4.92. The van der Waals surface area contributed by atoms with E-state index in [1.807, 2.05) is 18.2 Å². The summed E-state index contributed by atoms with van der Waals surface area (Å²) in [4.78, 5) is 28.0. The molecule has 1 N–H and O–H groups in total. The molecule has 3 rings (SSSR count). The molecule has 2 aliphatic rings. The molecule has 23 heavy (non-hydrogen) atoms. The van der Waals surface area contributed by atoms with E-state index in [-0.39, 0.29) is 11.8 Å². The third-order valence-corrected chi connectivity index (χ3v) is 4.92. The fraction of sp³-hybridized carbons (Fsp3) is 0.556. The van der Waals surface area contributed by atoms with Crippen molar-refractivity contribution in [2.75, 3.05) is 19.6 Å². The van der Waals surface area contributed by atoms with Gasteiger partial charge < -0.3 is 10.0 Å². The van der Waals surface area contributed by atoms with Gasteiger partial charge in [-0.3, -0.25) is 9.69 Å². The van der Waals surface area contributed by atoms with Crippen LogP contribution >= 0.6 is 0 Å². The first-order valence-electron chi connectivity index (χ1n) is 8.44. The molecule has 0 aliphatic carbocycles. The van der Waals surface area contributed by atoms with Crippen molar-refractivity contribution in [1.29, 1.82) is 0 Å². The largest absolute Gasteiger partial charge is 0.480 e. The zero-order valence-corrected chi connectivity index (χ0v) is 13.4. The molecule has 124 valence electrons. The smallest absolute Gasteiger partial charge is 0.326 e. The molecule has 2 atom stereocenters. The van der Waals surface area contributed by atoms with E-state index in [0.29, 0.717) is 13.0 Å². The molecular formula is C18H24N2O3. The number of hydrogen-bond donors (Lipinski definition) is 1. The monoisotopic (exact) mass is 316 g/mol. The van der Waals surface area contributed by atoms with Crippen LogP contribution in [0.15, 0.2) is 30.3 Å². The number of carboxylic acids is 1. The fourth-order valence-corrected chi connectivity index (χ4v) is 3.76. The Balaban J connectivity index is 1.61. The summed E-state index contributed by atoms with van der Waals surface area (Å²) in [5.74, 6) is -0.895. The molecule has 0 aromatic heterocycles. The van der Waals surface area contributed by atoms with Crippen LogP contribution in [0.1, 0.15) is 31.2 Å². The summed E-state index contributed by atoms with van der Waals surface area (Å²) in [5.41, 5.74) is 1.25. The van der Waals surface area contributed by atoms with Gasteiger partial charge >= 0.3 is 5.97 Å². The van der Waals surface area contributed by atoms with Crippen molar-refractivity contribution in [3.05, 3.63) is 35.9 Å². The first-order chi connectivity index (χ1) is 11.1. The van der Waals surface area contributed by atoms with Crippen LogP contribution in [0.3, 0.4) is 0 Å². The van der Waals surface area contributed by atoms with Gasteiger partial charge in [-0.2, -0.15) is 0 Å². The fourth-order valence-electron chi connectivity index (χ4n) is 3.76. The van der Waals surface area contributed by atoms with Gasteiger partial charge in [0.1, 0.15) is 6.04 Å². The van der Waals surface area contributed by atoms with Crippen LogP contribution in [0, 0.1) is 5.92 Å². The van der Waals surface area contributed by atoms with Gasteiger partial charge in [-0.1, -0.05) is 30.3 Å². The van der Waals surface area contributed by atoms with Crippen molar-refractivity contribution in [3.63, 3.8) is 0 Å². The molecule has 1 aromatic carbocycles. The topological polar surface area (TPSA) is 60.9 Å². The highest BCUT2D eigenvalue weighted by Gasteiger charge is 2.38. The lowest BCUT2D eigenvalue weighted by molar-refractivity contribution is -0.150. The Morgan fingerprint density at radius 2 is 1.83 bits per heavy atom. The number of amides is 1. The minimum absolute atomic E-state index is 0.0349. The van der Waals surface area contributed by atoms with Crippen LogP contribution < -0.4 is 0 Å². The van der Waals surface area contributed by atoms with E-state index >= 15 is 0 Å². The van der Waals surface area contributed by atoms with Crippen molar-refractivity contribution < 1.29 is 14.7 Å². The molecule has 0 bridgehead atoms. The summed E-state index contributed by atoms with van der Waals surface area (Å²) < 4.78 is 0. The highest BCUT2D eigenvalue weighted by Crippen LogP contribution is 2.25. The lowest BCUT2D eigenvalue weighted by atomic mass is 9.95. The van der Waals surface area contributed by atoms with Crippen LogP contribution in [0.2, 0.25) is 0 Å². The van der Waals surface area contributed by atoms with Crippen molar-refractivity contribution in [2.45, 2.75) is 38.3 Å². The average molecular weight is 316 g/mol. The molecule has 0 radical (unpaired) electrons. The minimum atomic E-state index is -0.868. The molecule has 5 nitrogen and oxygen atoms in total. The van der Waals surface area contributed by atoms with Crippen LogP contribution in [0.25, 0.3) is 0 Å². The molecule has 2 saturated heterocycles. The number of aliphatic carboxylic acids is 1. The van der Waals surface area contributed by atoms with Gasteiger partial charge in [0.25, 0.3) is 0 Å². The zero-order valence-electron chi connectivity index (χ0n) is 13.4. The van der Waals surface area contributed by atoms with Crippen LogP contribution in [-0.4, -0.2) is 52.5 Å². The summed E-state index contributed by atoms with van der Waals surface area (Å²) in [5, 5.41) is 9.27. The molecule has 2 heterocycles. The molecular weight excluding hydrogens is 292 g/mol. The maximum absolute atomic E-state index is 12.7. The second kappa shape index (κ2) is 7.13. The van der Waals surface area contributed by atoms with Gasteiger partial charge in [0.2, 0.25) is 5.91 Å². The van der Waals surface area contributed by atoms with Crippen LogP contribution in [0.5, 0.6) is 0 Å². The number of likely N-dealkylation sites (tertiary alicyclic amines) is 2. The van der Waals surface area contributed by atoms with Gasteiger partial charge in [-0.05, 0) is 37.8 Å². The summed E-state index contributed by atoms with van der Waals surface area (Å²) >= 11 is 0. The number of carboxylic acid groups (broad SMARTS) is 1. The van der Waals surface area contributed by atoms with Crippen molar-refractivity contribution in [3.8, 4) is 0 Å². The highest BCUT2D eigenvalue weighted by atomic mass is 16.4. The predicted octanol–water partition coefficient (Wildman–Crippen LogP) is 1.97. The number of nitrogens with zero attached hydrogens (tertiary/aromatic N) is 2. The van der Waals surface area contributed by atoms with E-state index < -0.39 is 12.0 Å². The van der Waals surface area contributed by atoms with Gasteiger partial charge in [0.05, 0.1) is 5.92 Å². The Labute approximate surface area is 136 Å². The zero-order chi connectivity index (χ0) is 16.2. The standard InChI is InChI=1S/C18H24N2O3/c21-17(20-11-5-9-16(20)18(22)23)15-8-4-10-19(13-15)12-14-6-2-1-3-7-14/h1-3,6-7,15-16H,4-5,8-13H2,(H,22,23)/t15-,16-/m0/s1. The number of hydrogen-bond acceptors (Lipinski definition) is 3. The second-order valence-electron chi connectivity index (χ2n) is 6.59. The van der Waals surface area contributed by atoms with Crippen molar-refractivity contribution >= 4 is 11.9 Å². The van der Waals surface area contributed by atoms with E-state index in [1.165, 1.54) is 5.56 Å². The Morgan fingerprint density at radius 1 is 1.09 bits per heavy atom. The van der Waals surface area contributed by atoms with Crippen molar-refractivity contribution in [1.82, 2.24) is 9.80 Å². The van der Waals surface area contributed by atoms with Gasteiger partial charge in [0.15, 0.2) is 0 Å². The molecule has 0 saturated carbocycles. The normalized spacial score (nSPS) is 25.5. The molecule has 5 heteroatoms. The van der Waals surface area contributed by atoms with Gasteiger partial charge in [-0.25, -0.2) is 4.79 Å². The lowest BCUT2D eigenvalue weighted by Crippen LogP contribution is -2.48. The molecule has 1 amide bonds. The summed E-state index contributed by atoms with van der Waals surface area (Å²) in [6.45, 7) is 3.18. The first kappa shape index (κ1) is 16.0. The number of piperidine rings is 1. The quantitative estimate of drug-likeness (QED) is 0.922. The molecule has 0 unspecified atom stereocenters. The Morgan fingerprint density at radius 3 is 2.57 bits per heavy atom. The summed E-state index contributed by atoms with van der Waals surface area (Å²) in [6.07, 6.45) is 3.24. The molecule has 2 fully saturated rings. The van der Waals surface area contributed by atoms with Crippen LogP contribution in [-0.2, 0) is 16.1 Å². The van der Waals surface area contributed by atoms with Crippen molar-refractivity contribution in [2.24, 2.45) is 5.92 Å². The SMILES string of the molecule is O=C(O)[C@@H]1CCCN1C(=O)[C@H]1CCCN(Cc2ccccc2)C1. The predicted molar refractivity (Wildman–Crippen MR) is 86.8 cm³/mol. The minimum Gasteiger partial charge on any atom is -0.480 e. The maximum atomic E-state index is 12.7. The number of benzene rings is 1. The maximum Gasteiger partial charge on any atom is 0.326 e. The molecule has 2 aliphatic heterocycles. The third kappa shape index (κ3) is 3.72. The Kier molecular flexibility index (Phi) is 4.96. The number of carbonyl (C=O) groups excluding carboxylic acids is 1. The van der Waals surface area contributed by atoms with Gasteiger partial charge in [-0.15, -0.1) is 0 Å². The Bertz CT molecular complexity index is 561.